The van der Waals surface area contributed by atoms with E-state index in [-0.39, 0.29) is 12.5 Å². The smallest absolute Gasteiger partial charge is 0.437 e. The van der Waals surface area contributed by atoms with Gasteiger partial charge in [0, 0.05) is 24.0 Å². The Bertz CT molecular complexity index is 987. The topological polar surface area (TPSA) is 104 Å². The van der Waals surface area contributed by atoms with Crippen molar-refractivity contribution in [3.8, 4) is 11.5 Å². The number of nitrogens with zero attached hydrogens (tertiary/aromatic N) is 4. The Balaban J connectivity index is 2.58. The third-order valence-electron chi connectivity index (χ3n) is 3.97. The van der Waals surface area contributed by atoms with E-state index in [0.717, 1.165) is 0 Å². The number of aromatic nitrogens is 2. The molecule has 0 aliphatic rings. The Morgan fingerprint density at radius 1 is 1.03 bits per heavy atom. The zero-order chi connectivity index (χ0) is 24.8. The quantitative estimate of drug-likeness (QED) is 0.489. The minimum atomic E-state index is -0.872. The predicted molar refractivity (Wildman–Crippen MR) is 123 cm³/mol. The maximum absolute atomic E-state index is 13.3. The number of benzene rings is 1. The van der Waals surface area contributed by atoms with Crippen LogP contribution in [0.2, 0.25) is 0 Å². The van der Waals surface area contributed by atoms with Gasteiger partial charge < -0.3 is 18.9 Å². The number of methoxy groups -OCH3 is 2. The van der Waals surface area contributed by atoms with Crippen molar-refractivity contribution in [3.63, 3.8) is 0 Å². The fourth-order valence-electron chi connectivity index (χ4n) is 2.68. The largest absolute Gasteiger partial charge is 0.497 e. The molecule has 33 heavy (non-hydrogen) atoms. The molecule has 2 rings (SSSR count). The molecule has 0 bridgehead atoms. The first-order valence-electron chi connectivity index (χ1n) is 10.4. The van der Waals surface area contributed by atoms with Crippen LogP contribution in [0.25, 0.3) is 0 Å². The molecule has 10 nitrogen and oxygen atoms in total. The summed E-state index contributed by atoms with van der Waals surface area (Å²) in [6, 6.07) is 6.83. The van der Waals surface area contributed by atoms with E-state index >= 15 is 0 Å². The number of carbonyl (C=O) groups excluding carboxylic acids is 2. The molecule has 2 aromatic rings. The number of rotatable bonds is 4. The zero-order valence-electron chi connectivity index (χ0n) is 20.4. The van der Waals surface area contributed by atoms with E-state index in [4.69, 9.17) is 18.9 Å². The summed E-state index contributed by atoms with van der Waals surface area (Å²) in [6.45, 7) is 10.4. The van der Waals surface area contributed by atoms with Gasteiger partial charge in [0.15, 0.2) is 0 Å². The minimum absolute atomic E-state index is 0.0242. The average Bonchev–Trinajstić information content (AvgIpc) is 3.22. The molecule has 0 N–H and O–H groups in total. The fraction of sp³-hybridized carbons (Fsp3) is 0.478. The molecule has 0 aliphatic heterocycles. The molecule has 0 radical (unpaired) electrons. The Hall–Kier alpha value is -3.56. The summed E-state index contributed by atoms with van der Waals surface area (Å²) in [7, 11) is 3.06. The zero-order valence-corrected chi connectivity index (χ0v) is 20.4. The van der Waals surface area contributed by atoms with Crippen LogP contribution in [0, 0.1) is 0 Å². The molecule has 2 amide bonds. The highest BCUT2D eigenvalue weighted by Crippen LogP contribution is 2.27. The van der Waals surface area contributed by atoms with Crippen LogP contribution in [0.15, 0.2) is 41.7 Å². The van der Waals surface area contributed by atoms with Crippen molar-refractivity contribution in [2.24, 2.45) is 4.99 Å². The molecule has 180 valence electrons. The van der Waals surface area contributed by atoms with Gasteiger partial charge in [0.05, 0.1) is 20.8 Å². The molecular formula is C23H32N4O6. The third-order valence-corrected chi connectivity index (χ3v) is 3.97. The van der Waals surface area contributed by atoms with Gasteiger partial charge in [0.25, 0.3) is 0 Å². The van der Waals surface area contributed by atoms with Gasteiger partial charge in [-0.2, -0.15) is 5.10 Å². The van der Waals surface area contributed by atoms with Gasteiger partial charge in [-0.25, -0.2) is 19.2 Å². The maximum atomic E-state index is 13.3. The molecule has 0 aliphatic carbocycles. The molecular weight excluding hydrogens is 428 g/mol. The van der Waals surface area contributed by atoms with Gasteiger partial charge in [0.2, 0.25) is 5.96 Å². The van der Waals surface area contributed by atoms with Crippen molar-refractivity contribution in [2.45, 2.75) is 59.3 Å². The molecule has 0 fully saturated rings. The molecule has 0 spiro atoms. The van der Waals surface area contributed by atoms with Crippen LogP contribution in [0.5, 0.6) is 11.5 Å². The maximum Gasteiger partial charge on any atom is 0.437 e. The van der Waals surface area contributed by atoms with E-state index in [9.17, 15) is 9.59 Å². The van der Waals surface area contributed by atoms with E-state index in [0.29, 0.717) is 17.1 Å². The number of hydrogen-bond donors (Lipinski definition) is 0. The van der Waals surface area contributed by atoms with Crippen molar-refractivity contribution < 1.29 is 28.5 Å². The van der Waals surface area contributed by atoms with Crippen molar-refractivity contribution in [1.29, 1.82) is 0 Å². The van der Waals surface area contributed by atoms with Crippen LogP contribution in [0.3, 0.4) is 0 Å². The molecule has 1 aromatic carbocycles. The Morgan fingerprint density at radius 3 is 2.21 bits per heavy atom. The lowest BCUT2D eigenvalue weighted by atomic mass is 10.1. The summed E-state index contributed by atoms with van der Waals surface area (Å²) < 4.78 is 23.0. The number of amides is 2. The van der Waals surface area contributed by atoms with E-state index in [1.165, 1.54) is 22.9 Å². The van der Waals surface area contributed by atoms with Gasteiger partial charge >= 0.3 is 12.2 Å². The summed E-state index contributed by atoms with van der Waals surface area (Å²) in [5.41, 5.74) is -0.931. The van der Waals surface area contributed by atoms with Gasteiger partial charge in [-0.3, -0.25) is 0 Å². The van der Waals surface area contributed by atoms with Gasteiger partial charge in [0.1, 0.15) is 22.7 Å². The first-order valence-corrected chi connectivity index (χ1v) is 10.4. The first kappa shape index (κ1) is 25.7. The van der Waals surface area contributed by atoms with Crippen molar-refractivity contribution in [3.05, 3.63) is 42.2 Å². The number of carbonyl (C=O) groups is 2. The number of ether oxygens (including phenoxy) is 4. The second-order valence-electron chi connectivity index (χ2n) is 9.09. The second-order valence-corrected chi connectivity index (χ2v) is 9.09. The normalized spacial score (nSPS) is 12.2. The molecule has 1 heterocycles. The lowest BCUT2D eigenvalue weighted by molar-refractivity contribution is 0.0350. The molecule has 1 aromatic heterocycles. The lowest BCUT2D eigenvalue weighted by Gasteiger charge is -2.28. The van der Waals surface area contributed by atoms with Crippen LogP contribution < -0.4 is 9.47 Å². The van der Waals surface area contributed by atoms with Crippen LogP contribution in [0.4, 0.5) is 9.59 Å². The van der Waals surface area contributed by atoms with Crippen LogP contribution in [-0.2, 0) is 16.0 Å². The van der Waals surface area contributed by atoms with E-state index in [2.05, 4.69) is 10.1 Å². The Kier molecular flexibility index (Phi) is 8.08. The first-order chi connectivity index (χ1) is 15.3. The summed E-state index contributed by atoms with van der Waals surface area (Å²) in [5, 5.41) is 4.15. The molecule has 10 heteroatoms. The van der Waals surface area contributed by atoms with Gasteiger partial charge in [-0.05, 0) is 59.7 Å². The van der Waals surface area contributed by atoms with Gasteiger partial charge in [-0.15, -0.1) is 4.99 Å². The lowest BCUT2D eigenvalue weighted by Crippen LogP contribution is -2.44. The molecule has 0 atom stereocenters. The SMILES string of the molecule is COc1ccc(CN(C(=O)OC(C)(C)C)/C(=N\C(=O)OC(C)(C)C)n2cccn2)c(OC)c1. The third kappa shape index (κ3) is 7.81. The minimum Gasteiger partial charge on any atom is -0.497 e. The summed E-state index contributed by atoms with van der Waals surface area (Å²) in [5.74, 6) is 0.996. The van der Waals surface area contributed by atoms with E-state index in [1.54, 1.807) is 79.1 Å². The number of aliphatic imine (C=N–C) groups is 1. The second kappa shape index (κ2) is 10.4. The monoisotopic (exact) mass is 460 g/mol. The molecule has 0 saturated carbocycles. The molecule has 0 saturated heterocycles. The number of hydrogen-bond acceptors (Lipinski definition) is 7. The standard InChI is InChI=1S/C23H32N4O6/c1-22(2,3)32-20(28)25-19(27-13-9-12-24-27)26(21(29)33-23(4,5)6)15-16-10-11-17(30-7)14-18(16)31-8/h9-14H,15H2,1-8H3/b25-19+. The highest BCUT2D eigenvalue weighted by atomic mass is 16.6. The van der Waals surface area contributed by atoms with Gasteiger partial charge in [-0.1, -0.05) is 0 Å². The van der Waals surface area contributed by atoms with Crippen LogP contribution >= 0.6 is 0 Å². The summed E-state index contributed by atoms with van der Waals surface area (Å²) in [6.07, 6.45) is 1.47. The Morgan fingerprint density at radius 2 is 1.70 bits per heavy atom. The molecule has 0 unspecified atom stereocenters. The van der Waals surface area contributed by atoms with Crippen molar-refractivity contribution >= 4 is 18.1 Å². The van der Waals surface area contributed by atoms with Crippen molar-refractivity contribution in [1.82, 2.24) is 14.7 Å². The fourth-order valence-corrected chi connectivity index (χ4v) is 2.68. The van der Waals surface area contributed by atoms with Crippen LogP contribution in [0.1, 0.15) is 47.1 Å². The Labute approximate surface area is 194 Å². The summed E-state index contributed by atoms with van der Waals surface area (Å²) >= 11 is 0. The summed E-state index contributed by atoms with van der Waals surface area (Å²) in [4.78, 5) is 31.1. The van der Waals surface area contributed by atoms with E-state index < -0.39 is 23.4 Å². The highest BCUT2D eigenvalue weighted by Gasteiger charge is 2.30. The van der Waals surface area contributed by atoms with Crippen LogP contribution in [-0.4, -0.2) is 58.2 Å². The highest BCUT2D eigenvalue weighted by molar-refractivity contribution is 5.99. The predicted octanol–water partition coefficient (Wildman–Crippen LogP) is 4.48. The average molecular weight is 461 g/mol. The van der Waals surface area contributed by atoms with Crippen molar-refractivity contribution in [2.75, 3.05) is 14.2 Å². The van der Waals surface area contributed by atoms with E-state index in [1.807, 2.05) is 0 Å².